The third-order valence-corrected chi connectivity index (χ3v) is 6.26. The lowest BCUT2D eigenvalue weighted by molar-refractivity contribution is 0.365. The molecule has 2 fully saturated rings. The van der Waals surface area contributed by atoms with Crippen molar-refractivity contribution < 1.29 is 4.74 Å². The molecule has 4 rings (SSSR count). The highest BCUT2D eigenvalue weighted by Crippen LogP contribution is 2.21. The first-order valence-electron chi connectivity index (χ1n) is 10.9. The van der Waals surface area contributed by atoms with Gasteiger partial charge in [-0.1, -0.05) is 12.8 Å². The van der Waals surface area contributed by atoms with Crippen LogP contribution in [0.5, 0.6) is 5.75 Å². The molecule has 1 N–H and O–H groups in total. The highest BCUT2D eigenvalue weighted by atomic mass is 16.5. The molecule has 1 saturated carbocycles. The van der Waals surface area contributed by atoms with E-state index in [1.807, 2.05) is 30.7 Å². The number of anilines is 1. The Hall–Kier alpha value is -2.77. The van der Waals surface area contributed by atoms with E-state index < -0.39 is 0 Å². The third-order valence-electron chi connectivity index (χ3n) is 6.26. The van der Waals surface area contributed by atoms with Gasteiger partial charge in [-0.2, -0.15) is 0 Å². The summed E-state index contributed by atoms with van der Waals surface area (Å²) in [6.07, 6.45) is 5.07. The van der Waals surface area contributed by atoms with Gasteiger partial charge in [0.25, 0.3) is 0 Å². The lowest BCUT2D eigenvalue weighted by atomic mass is 10.2. The van der Waals surface area contributed by atoms with Gasteiger partial charge < -0.3 is 24.4 Å². The van der Waals surface area contributed by atoms with Gasteiger partial charge in [-0.25, -0.2) is 4.99 Å². The molecule has 2 aromatic rings. The summed E-state index contributed by atoms with van der Waals surface area (Å²) in [4.78, 5) is 9.77. The van der Waals surface area contributed by atoms with Gasteiger partial charge in [-0.3, -0.25) is 0 Å². The quantitative estimate of drug-likeness (QED) is 0.602. The SMILES string of the molecule is COc1ccc(N2CCN(C(=NCc3nnc(C)n3C)NC3CCCC3)CC2)cc1. The number of aryl methyl sites for hydroxylation is 1. The lowest BCUT2D eigenvalue weighted by Crippen LogP contribution is -2.54. The molecule has 1 aromatic carbocycles. The summed E-state index contributed by atoms with van der Waals surface area (Å²) in [5.74, 6) is 3.72. The number of aromatic nitrogens is 3. The first-order valence-corrected chi connectivity index (χ1v) is 10.9. The highest BCUT2D eigenvalue weighted by Gasteiger charge is 2.23. The largest absolute Gasteiger partial charge is 0.497 e. The predicted octanol–water partition coefficient (Wildman–Crippen LogP) is 2.34. The van der Waals surface area contributed by atoms with Crippen LogP contribution < -0.4 is 15.0 Å². The van der Waals surface area contributed by atoms with E-state index in [2.05, 4.69) is 37.4 Å². The fourth-order valence-corrected chi connectivity index (χ4v) is 4.19. The van der Waals surface area contributed by atoms with Gasteiger partial charge in [0.05, 0.1) is 7.11 Å². The van der Waals surface area contributed by atoms with Crippen LogP contribution in [0.3, 0.4) is 0 Å². The van der Waals surface area contributed by atoms with Crippen molar-refractivity contribution in [2.24, 2.45) is 12.0 Å². The Kier molecular flexibility index (Phi) is 6.40. The lowest BCUT2D eigenvalue weighted by Gasteiger charge is -2.38. The second-order valence-electron chi connectivity index (χ2n) is 8.16. The number of benzene rings is 1. The van der Waals surface area contributed by atoms with Crippen LogP contribution in [0.15, 0.2) is 29.3 Å². The molecule has 2 heterocycles. The van der Waals surface area contributed by atoms with E-state index in [4.69, 9.17) is 9.73 Å². The van der Waals surface area contributed by atoms with Crippen LogP contribution in [-0.2, 0) is 13.6 Å². The van der Waals surface area contributed by atoms with E-state index in [9.17, 15) is 0 Å². The molecule has 1 aliphatic carbocycles. The topological polar surface area (TPSA) is 70.8 Å². The summed E-state index contributed by atoms with van der Waals surface area (Å²) < 4.78 is 7.29. The monoisotopic (exact) mass is 411 g/mol. The van der Waals surface area contributed by atoms with Crippen molar-refractivity contribution in [1.82, 2.24) is 25.0 Å². The maximum absolute atomic E-state index is 5.28. The van der Waals surface area contributed by atoms with Crippen LogP contribution >= 0.6 is 0 Å². The standard InChI is InChI=1S/C22H33N7O/c1-17-25-26-21(27(17)2)16-23-22(24-18-6-4-5-7-18)29-14-12-28(13-15-29)19-8-10-20(30-3)11-9-19/h8-11,18H,4-7,12-16H2,1-3H3,(H,23,24). The summed E-state index contributed by atoms with van der Waals surface area (Å²) >= 11 is 0. The van der Waals surface area contributed by atoms with Crippen LogP contribution in [0.4, 0.5) is 5.69 Å². The number of nitrogens with zero attached hydrogens (tertiary/aromatic N) is 6. The fourth-order valence-electron chi connectivity index (χ4n) is 4.19. The first kappa shape index (κ1) is 20.5. The van der Waals surface area contributed by atoms with E-state index in [0.717, 1.165) is 49.5 Å². The molecule has 0 radical (unpaired) electrons. The molecule has 0 bridgehead atoms. The van der Waals surface area contributed by atoms with Gasteiger partial charge in [-0.05, 0) is 44.0 Å². The Bertz CT molecular complexity index is 847. The van der Waals surface area contributed by atoms with Crippen molar-refractivity contribution >= 4 is 11.6 Å². The van der Waals surface area contributed by atoms with Gasteiger partial charge >= 0.3 is 0 Å². The predicted molar refractivity (Wildman–Crippen MR) is 119 cm³/mol. The molecule has 162 valence electrons. The van der Waals surface area contributed by atoms with E-state index in [1.165, 1.54) is 31.4 Å². The number of guanidine groups is 1. The molecule has 0 atom stereocenters. The van der Waals surface area contributed by atoms with Crippen molar-refractivity contribution in [2.75, 3.05) is 38.2 Å². The molecule has 0 spiro atoms. The Morgan fingerprint density at radius 3 is 2.40 bits per heavy atom. The fraction of sp³-hybridized carbons (Fsp3) is 0.591. The molecule has 0 unspecified atom stereocenters. The summed E-state index contributed by atoms with van der Waals surface area (Å²) in [6, 6.07) is 8.86. The summed E-state index contributed by atoms with van der Waals surface area (Å²) in [5.41, 5.74) is 1.24. The number of ether oxygens (including phenoxy) is 1. The Labute approximate surface area is 178 Å². The van der Waals surface area contributed by atoms with Crippen molar-refractivity contribution in [3.63, 3.8) is 0 Å². The van der Waals surface area contributed by atoms with Gasteiger partial charge in [-0.15, -0.1) is 10.2 Å². The first-order chi connectivity index (χ1) is 14.6. The molecule has 30 heavy (non-hydrogen) atoms. The van der Waals surface area contributed by atoms with Crippen molar-refractivity contribution in [1.29, 1.82) is 0 Å². The normalized spacial score (nSPS) is 18.2. The van der Waals surface area contributed by atoms with E-state index in [0.29, 0.717) is 12.6 Å². The van der Waals surface area contributed by atoms with Gasteiger partial charge in [0.1, 0.15) is 18.1 Å². The highest BCUT2D eigenvalue weighted by molar-refractivity contribution is 5.80. The van der Waals surface area contributed by atoms with Crippen LogP contribution in [0, 0.1) is 6.92 Å². The Balaban J connectivity index is 1.42. The van der Waals surface area contributed by atoms with E-state index in [1.54, 1.807) is 7.11 Å². The Morgan fingerprint density at radius 1 is 1.10 bits per heavy atom. The van der Waals surface area contributed by atoms with E-state index >= 15 is 0 Å². The number of methoxy groups -OCH3 is 1. The average Bonchev–Trinajstić information content (AvgIpc) is 3.42. The summed E-state index contributed by atoms with van der Waals surface area (Å²) in [7, 11) is 3.70. The number of aliphatic imine (C=N–C) groups is 1. The van der Waals surface area contributed by atoms with Crippen LogP contribution in [0.1, 0.15) is 37.3 Å². The van der Waals surface area contributed by atoms with Crippen molar-refractivity contribution in [3.8, 4) is 5.75 Å². The molecule has 1 aromatic heterocycles. The molecule has 0 amide bonds. The second-order valence-corrected chi connectivity index (χ2v) is 8.16. The number of hydrogen-bond acceptors (Lipinski definition) is 5. The van der Waals surface area contributed by atoms with Crippen molar-refractivity contribution in [3.05, 3.63) is 35.9 Å². The number of hydrogen-bond donors (Lipinski definition) is 1. The minimum absolute atomic E-state index is 0.532. The molecular formula is C22H33N7O. The molecule has 1 aliphatic heterocycles. The number of nitrogens with one attached hydrogen (secondary N) is 1. The molecule has 8 nitrogen and oxygen atoms in total. The zero-order valence-electron chi connectivity index (χ0n) is 18.3. The minimum atomic E-state index is 0.532. The van der Waals surface area contributed by atoms with Crippen molar-refractivity contribution in [2.45, 2.75) is 45.2 Å². The number of piperazine rings is 1. The molecule has 1 saturated heterocycles. The maximum Gasteiger partial charge on any atom is 0.194 e. The average molecular weight is 412 g/mol. The maximum atomic E-state index is 5.28. The van der Waals surface area contributed by atoms with Gasteiger partial charge in [0, 0.05) is 45.0 Å². The van der Waals surface area contributed by atoms with Crippen LogP contribution in [-0.4, -0.2) is 65.0 Å². The zero-order valence-corrected chi connectivity index (χ0v) is 18.3. The minimum Gasteiger partial charge on any atom is -0.497 e. The zero-order chi connectivity index (χ0) is 20.9. The summed E-state index contributed by atoms with van der Waals surface area (Å²) in [5, 5.41) is 12.2. The number of rotatable bonds is 5. The van der Waals surface area contributed by atoms with E-state index in [-0.39, 0.29) is 0 Å². The summed E-state index contributed by atoms with van der Waals surface area (Å²) in [6.45, 7) is 6.35. The molecule has 2 aliphatic rings. The van der Waals surface area contributed by atoms with Gasteiger partial charge in [0.15, 0.2) is 11.8 Å². The van der Waals surface area contributed by atoms with Gasteiger partial charge in [0.2, 0.25) is 0 Å². The van der Waals surface area contributed by atoms with Crippen LogP contribution in [0.2, 0.25) is 0 Å². The third kappa shape index (κ3) is 4.68. The molecule has 8 heteroatoms. The van der Waals surface area contributed by atoms with Crippen LogP contribution in [0.25, 0.3) is 0 Å². The molecular weight excluding hydrogens is 378 g/mol. The Morgan fingerprint density at radius 2 is 1.80 bits per heavy atom. The smallest absolute Gasteiger partial charge is 0.194 e. The second kappa shape index (κ2) is 9.36.